The number of carbonyl (C=O) groups is 2. The minimum atomic E-state index is -0.283. The van der Waals surface area contributed by atoms with E-state index in [4.69, 9.17) is 16.3 Å². The molecule has 1 saturated carbocycles. The smallest absolute Gasteiger partial charge is 0.228 e. The zero-order valence-electron chi connectivity index (χ0n) is 15.4. The molecule has 0 aliphatic heterocycles. The van der Waals surface area contributed by atoms with Crippen LogP contribution < -0.4 is 15.4 Å². The lowest BCUT2D eigenvalue weighted by Gasteiger charge is -2.10. The first kappa shape index (κ1) is 19.2. The molecule has 27 heavy (non-hydrogen) atoms. The lowest BCUT2D eigenvalue weighted by Crippen LogP contribution is -2.29. The van der Waals surface area contributed by atoms with Gasteiger partial charge in [0.1, 0.15) is 5.75 Å². The normalized spacial score (nSPS) is 17.9. The highest BCUT2D eigenvalue weighted by atomic mass is 35.5. The number of hydrogen-bond donors (Lipinski definition) is 2. The summed E-state index contributed by atoms with van der Waals surface area (Å²) in [6, 6.07) is 13.1. The molecular formula is C21H23ClN2O3. The highest BCUT2D eigenvalue weighted by molar-refractivity contribution is 6.31. The Balaban J connectivity index is 1.47. The summed E-state index contributed by atoms with van der Waals surface area (Å²) in [5.41, 5.74) is 2.56. The van der Waals surface area contributed by atoms with Crippen molar-refractivity contribution in [2.75, 3.05) is 19.0 Å². The minimum Gasteiger partial charge on any atom is -0.496 e. The third-order valence-electron chi connectivity index (χ3n) is 4.88. The van der Waals surface area contributed by atoms with Crippen molar-refractivity contribution < 1.29 is 14.3 Å². The lowest BCUT2D eigenvalue weighted by atomic mass is 10.1. The molecule has 0 saturated heterocycles. The van der Waals surface area contributed by atoms with E-state index in [0.717, 1.165) is 16.9 Å². The van der Waals surface area contributed by atoms with E-state index in [2.05, 4.69) is 10.6 Å². The van der Waals surface area contributed by atoms with Crippen LogP contribution in [0.15, 0.2) is 42.5 Å². The number of anilines is 1. The zero-order chi connectivity index (χ0) is 19.4. The maximum absolute atomic E-state index is 12.4. The van der Waals surface area contributed by atoms with E-state index in [0.29, 0.717) is 30.1 Å². The summed E-state index contributed by atoms with van der Waals surface area (Å²) in [6.07, 6.45) is 1.26. The van der Waals surface area contributed by atoms with Crippen molar-refractivity contribution in [3.8, 4) is 5.75 Å². The minimum absolute atomic E-state index is 0.0761. The molecule has 5 nitrogen and oxygen atoms in total. The Morgan fingerprint density at radius 2 is 1.85 bits per heavy atom. The van der Waals surface area contributed by atoms with Gasteiger partial charge in [-0.15, -0.1) is 0 Å². The first-order valence-corrected chi connectivity index (χ1v) is 9.34. The molecule has 3 rings (SSSR count). The van der Waals surface area contributed by atoms with Crippen LogP contribution in [-0.2, 0) is 16.0 Å². The quantitative estimate of drug-likeness (QED) is 0.764. The number of para-hydroxylation sites is 1. The van der Waals surface area contributed by atoms with Gasteiger partial charge in [-0.3, -0.25) is 9.59 Å². The van der Waals surface area contributed by atoms with Crippen molar-refractivity contribution in [2.24, 2.45) is 11.8 Å². The molecule has 1 fully saturated rings. The number of halogens is 1. The number of amides is 2. The van der Waals surface area contributed by atoms with Crippen molar-refractivity contribution in [3.63, 3.8) is 0 Å². The molecule has 1 aliphatic carbocycles. The third-order valence-corrected chi connectivity index (χ3v) is 5.29. The highest BCUT2D eigenvalue weighted by Crippen LogP contribution is 2.40. The van der Waals surface area contributed by atoms with E-state index < -0.39 is 0 Å². The van der Waals surface area contributed by atoms with Gasteiger partial charge in [0, 0.05) is 17.3 Å². The monoisotopic (exact) mass is 386 g/mol. The number of carbonyl (C=O) groups excluding carboxylic acids is 2. The molecule has 2 aromatic carbocycles. The molecule has 0 heterocycles. The standard InChI is InChI=1S/C21H23ClN2O3/c1-13-17(22)7-5-8-18(13)24-21(26)16-12-15(16)20(25)23-11-10-14-6-3-4-9-19(14)27-2/h3-9,15-16H,10-12H2,1-2H3,(H,23,25)(H,24,26). The first-order valence-electron chi connectivity index (χ1n) is 8.97. The SMILES string of the molecule is COc1ccccc1CCNC(=O)C1CC1C(=O)Nc1cccc(Cl)c1C. The van der Waals surface area contributed by atoms with Crippen LogP contribution in [0.5, 0.6) is 5.75 Å². The van der Waals surface area contributed by atoms with Crippen LogP contribution in [0.2, 0.25) is 5.02 Å². The molecular weight excluding hydrogens is 364 g/mol. The predicted molar refractivity (Wildman–Crippen MR) is 106 cm³/mol. The molecule has 0 aromatic heterocycles. The van der Waals surface area contributed by atoms with Gasteiger partial charge in [-0.25, -0.2) is 0 Å². The Bertz CT molecular complexity index is 853. The van der Waals surface area contributed by atoms with Crippen LogP contribution in [0.25, 0.3) is 0 Å². The number of ether oxygens (including phenoxy) is 1. The molecule has 1 aliphatic rings. The molecule has 142 valence electrons. The van der Waals surface area contributed by atoms with E-state index in [-0.39, 0.29) is 23.7 Å². The summed E-state index contributed by atoms with van der Waals surface area (Å²) in [7, 11) is 1.63. The van der Waals surface area contributed by atoms with Gasteiger partial charge < -0.3 is 15.4 Å². The average molecular weight is 387 g/mol. The maximum atomic E-state index is 12.4. The molecule has 2 amide bonds. The van der Waals surface area contributed by atoms with Crippen LogP contribution in [0.1, 0.15) is 17.5 Å². The van der Waals surface area contributed by atoms with Crippen LogP contribution in [0, 0.1) is 18.8 Å². The Hall–Kier alpha value is -2.53. The van der Waals surface area contributed by atoms with Crippen LogP contribution in [0.4, 0.5) is 5.69 Å². The van der Waals surface area contributed by atoms with Crippen molar-refractivity contribution in [2.45, 2.75) is 19.8 Å². The summed E-state index contributed by atoms with van der Waals surface area (Å²) in [5.74, 6) is 0.0576. The summed E-state index contributed by atoms with van der Waals surface area (Å²) in [4.78, 5) is 24.7. The zero-order valence-corrected chi connectivity index (χ0v) is 16.2. The Kier molecular flexibility index (Phi) is 6.01. The van der Waals surface area contributed by atoms with E-state index in [9.17, 15) is 9.59 Å². The predicted octanol–water partition coefficient (Wildman–Crippen LogP) is 3.59. The van der Waals surface area contributed by atoms with Gasteiger partial charge >= 0.3 is 0 Å². The van der Waals surface area contributed by atoms with Crippen molar-refractivity contribution in [3.05, 3.63) is 58.6 Å². The fourth-order valence-corrected chi connectivity index (χ4v) is 3.28. The second-order valence-corrected chi connectivity index (χ2v) is 7.11. The van der Waals surface area contributed by atoms with Gasteiger partial charge in [-0.2, -0.15) is 0 Å². The van der Waals surface area contributed by atoms with Gasteiger partial charge in [0.25, 0.3) is 0 Å². The van der Waals surface area contributed by atoms with Gasteiger partial charge in [0.2, 0.25) is 11.8 Å². The average Bonchev–Trinajstić information content (AvgIpc) is 3.47. The lowest BCUT2D eigenvalue weighted by molar-refractivity contribution is -0.125. The molecule has 2 N–H and O–H groups in total. The number of nitrogens with one attached hydrogen (secondary N) is 2. The molecule has 0 radical (unpaired) electrons. The third kappa shape index (κ3) is 4.61. The number of hydrogen-bond acceptors (Lipinski definition) is 3. The fourth-order valence-electron chi connectivity index (χ4n) is 3.10. The molecule has 0 bridgehead atoms. The summed E-state index contributed by atoms with van der Waals surface area (Å²) >= 11 is 6.08. The Morgan fingerprint density at radius 3 is 2.63 bits per heavy atom. The van der Waals surface area contributed by atoms with Crippen molar-refractivity contribution in [1.82, 2.24) is 5.32 Å². The number of methoxy groups -OCH3 is 1. The fraction of sp³-hybridized carbons (Fsp3) is 0.333. The van der Waals surface area contributed by atoms with Crippen molar-refractivity contribution >= 4 is 29.1 Å². The number of rotatable bonds is 7. The van der Waals surface area contributed by atoms with Gasteiger partial charge in [-0.05, 0) is 49.1 Å². The van der Waals surface area contributed by atoms with E-state index in [1.54, 1.807) is 19.2 Å². The van der Waals surface area contributed by atoms with Crippen molar-refractivity contribution in [1.29, 1.82) is 0 Å². The van der Waals surface area contributed by atoms with Crippen LogP contribution in [-0.4, -0.2) is 25.5 Å². The second-order valence-electron chi connectivity index (χ2n) is 6.70. The van der Waals surface area contributed by atoms with Crippen LogP contribution in [0.3, 0.4) is 0 Å². The molecule has 0 spiro atoms. The van der Waals surface area contributed by atoms with Gasteiger partial charge in [0.15, 0.2) is 0 Å². The Labute approximate surface area is 164 Å². The largest absolute Gasteiger partial charge is 0.496 e. The van der Waals surface area contributed by atoms with Crippen LogP contribution >= 0.6 is 11.6 Å². The van der Waals surface area contributed by atoms with E-state index >= 15 is 0 Å². The topological polar surface area (TPSA) is 67.4 Å². The van der Waals surface area contributed by atoms with Gasteiger partial charge in [-0.1, -0.05) is 35.9 Å². The molecule has 6 heteroatoms. The molecule has 2 aromatic rings. The first-order chi connectivity index (χ1) is 13.0. The maximum Gasteiger partial charge on any atom is 0.228 e. The van der Waals surface area contributed by atoms with E-state index in [1.165, 1.54) is 0 Å². The highest BCUT2D eigenvalue weighted by Gasteiger charge is 2.47. The molecule has 2 atom stereocenters. The second kappa shape index (κ2) is 8.44. The summed E-state index contributed by atoms with van der Waals surface area (Å²) in [6.45, 7) is 2.37. The Morgan fingerprint density at radius 1 is 1.11 bits per heavy atom. The number of benzene rings is 2. The van der Waals surface area contributed by atoms with Gasteiger partial charge in [0.05, 0.1) is 18.9 Å². The summed E-state index contributed by atoms with van der Waals surface area (Å²) in [5, 5.41) is 6.40. The molecule has 2 unspecified atom stereocenters. The van der Waals surface area contributed by atoms with E-state index in [1.807, 2.05) is 37.3 Å². The summed E-state index contributed by atoms with van der Waals surface area (Å²) < 4.78 is 5.31.